The third-order valence-corrected chi connectivity index (χ3v) is 3.19. The van der Waals surface area contributed by atoms with Crippen LogP contribution >= 0.6 is 0 Å². The quantitative estimate of drug-likeness (QED) is 0.839. The van der Waals surface area contributed by atoms with E-state index in [4.69, 9.17) is 0 Å². The standard InChI is InChI=1S/C15H15FO4/c1-20-14(18)8-13(17)15(19)11-6-7-12(16)10-5-3-2-4-9(10)11/h2-7,13,15,17,19H,8H2,1H3. The van der Waals surface area contributed by atoms with Gasteiger partial charge in [0.05, 0.1) is 19.6 Å². The molecule has 0 saturated heterocycles. The van der Waals surface area contributed by atoms with Crippen molar-refractivity contribution in [2.75, 3.05) is 7.11 Å². The van der Waals surface area contributed by atoms with Crippen molar-refractivity contribution >= 4 is 16.7 Å². The van der Waals surface area contributed by atoms with Gasteiger partial charge in [-0.15, -0.1) is 0 Å². The molecule has 0 heterocycles. The third-order valence-electron chi connectivity index (χ3n) is 3.19. The van der Waals surface area contributed by atoms with Crippen molar-refractivity contribution in [1.29, 1.82) is 0 Å². The van der Waals surface area contributed by atoms with Crippen LogP contribution in [0.4, 0.5) is 4.39 Å². The lowest BCUT2D eigenvalue weighted by Gasteiger charge is -2.19. The number of halogens is 1. The third kappa shape index (κ3) is 2.79. The van der Waals surface area contributed by atoms with Gasteiger partial charge in [-0.2, -0.15) is 0 Å². The Kier molecular flexibility index (Phi) is 4.32. The lowest BCUT2D eigenvalue weighted by molar-refractivity contribution is -0.144. The van der Waals surface area contributed by atoms with Gasteiger partial charge in [-0.25, -0.2) is 4.39 Å². The molecule has 0 saturated carbocycles. The summed E-state index contributed by atoms with van der Waals surface area (Å²) in [5.41, 5.74) is 0.374. The maximum absolute atomic E-state index is 13.7. The fourth-order valence-corrected chi connectivity index (χ4v) is 2.12. The summed E-state index contributed by atoms with van der Waals surface area (Å²) in [6, 6.07) is 9.28. The van der Waals surface area contributed by atoms with Gasteiger partial charge in [-0.05, 0) is 17.0 Å². The van der Waals surface area contributed by atoms with E-state index in [1.54, 1.807) is 24.3 Å². The molecule has 0 aliphatic heterocycles. The van der Waals surface area contributed by atoms with E-state index in [1.165, 1.54) is 19.2 Å². The van der Waals surface area contributed by atoms with Gasteiger partial charge >= 0.3 is 5.97 Å². The van der Waals surface area contributed by atoms with E-state index in [9.17, 15) is 19.4 Å². The molecule has 2 aromatic carbocycles. The Hall–Kier alpha value is -1.98. The van der Waals surface area contributed by atoms with Crippen LogP contribution in [0, 0.1) is 5.82 Å². The van der Waals surface area contributed by atoms with Crippen LogP contribution in [0.3, 0.4) is 0 Å². The number of ether oxygens (including phenoxy) is 1. The molecule has 0 amide bonds. The summed E-state index contributed by atoms with van der Waals surface area (Å²) in [6.07, 6.45) is -2.93. The summed E-state index contributed by atoms with van der Waals surface area (Å²) >= 11 is 0. The lowest BCUT2D eigenvalue weighted by Crippen LogP contribution is -2.22. The predicted molar refractivity (Wildman–Crippen MR) is 71.5 cm³/mol. The second kappa shape index (κ2) is 5.98. The average molecular weight is 278 g/mol. The van der Waals surface area contributed by atoms with E-state index in [0.29, 0.717) is 16.3 Å². The van der Waals surface area contributed by atoms with Crippen molar-refractivity contribution in [3.8, 4) is 0 Å². The van der Waals surface area contributed by atoms with Gasteiger partial charge in [-0.3, -0.25) is 4.79 Å². The van der Waals surface area contributed by atoms with E-state index >= 15 is 0 Å². The molecule has 0 aliphatic rings. The molecule has 2 N–H and O–H groups in total. The zero-order valence-electron chi connectivity index (χ0n) is 10.9. The first kappa shape index (κ1) is 14.4. The molecular formula is C15H15FO4. The normalized spacial score (nSPS) is 14.0. The van der Waals surface area contributed by atoms with E-state index in [-0.39, 0.29) is 6.42 Å². The summed E-state index contributed by atoms with van der Waals surface area (Å²) in [7, 11) is 1.20. The Morgan fingerprint density at radius 3 is 2.50 bits per heavy atom. The van der Waals surface area contributed by atoms with Gasteiger partial charge in [0.1, 0.15) is 11.9 Å². The highest BCUT2D eigenvalue weighted by Crippen LogP contribution is 2.29. The van der Waals surface area contributed by atoms with E-state index < -0.39 is 24.0 Å². The van der Waals surface area contributed by atoms with E-state index in [0.717, 1.165) is 0 Å². The number of hydrogen-bond donors (Lipinski definition) is 2. The second-order valence-corrected chi connectivity index (χ2v) is 4.47. The lowest BCUT2D eigenvalue weighted by atomic mass is 9.96. The minimum atomic E-state index is -1.31. The number of fused-ring (bicyclic) bond motifs is 1. The smallest absolute Gasteiger partial charge is 0.308 e. The molecular weight excluding hydrogens is 263 g/mol. The number of hydrogen-bond acceptors (Lipinski definition) is 4. The topological polar surface area (TPSA) is 66.8 Å². The highest BCUT2D eigenvalue weighted by atomic mass is 19.1. The van der Waals surface area contributed by atoms with Crippen molar-refractivity contribution in [3.63, 3.8) is 0 Å². The minimum Gasteiger partial charge on any atom is -0.469 e. The molecule has 20 heavy (non-hydrogen) atoms. The summed E-state index contributed by atoms with van der Waals surface area (Å²) in [6.45, 7) is 0. The number of carbonyl (C=O) groups excluding carboxylic acids is 1. The maximum Gasteiger partial charge on any atom is 0.308 e. The maximum atomic E-state index is 13.7. The molecule has 5 heteroatoms. The number of aliphatic hydroxyl groups is 2. The highest BCUT2D eigenvalue weighted by molar-refractivity contribution is 5.86. The van der Waals surface area contributed by atoms with Crippen LogP contribution in [0.15, 0.2) is 36.4 Å². The largest absolute Gasteiger partial charge is 0.469 e. The Bertz CT molecular complexity index is 626. The van der Waals surface area contributed by atoms with Crippen LogP contribution in [0.1, 0.15) is 18.1 Å². The zero-order chi connectivity index (χ0) is 14.7. The van der Waals surface area contributed by atoms with Gasteiger partial charge in [0.25, 0.3) is 0 Å². The molecule has 0 fully saturated rings. The Balaban J connectivity index is 2.37. The van der Waals surface area contributed by atoms with Gasteiger partial charge in [0, 0.05) is 5.39 Å². The van der Waals surface area contributed by atoms with Crippen LogP contribution in [-0.4, -0.2) is 29.4 Å². The summed E-state index contributed by atoms with van der Waals surface area (Å²) in [5.74, 6) is -1.03. The summed E-state index contributed by atoms with van der Waals surface area (Å²) < 4.78 is 18.1. The van der Waals surface area contributed by atoms with Crippen molar-refractivity contribution in [2.45, 2.75) is 18.6 Å². The van der Waals surface area contributed by atoms with Crippen LogP contribution in [0.2, 0.25) is 0 Å². The van der Waals surface area contributed by atoms with Crippen molar-refractivity contribution in [1.82, 2.24) is 0 Å². The number of carbonyl (C=O) groups is 1. The number of benzene rings is 2. The SMILES string of the molecule is COC(=O)CC(O)C(O)c1ccc(F)c2ccccc12. The Labute approximate surface area is 115 Å². The number of aliphatic hydroxyl groups excluding tert-OH is 2. The fraction of sp³-hybridized carbons (Fsp3) is 0.267. The molecule has 2 unspecified atom stereocenters. The molecule has 0 bridgehead atoms. The predicted octanol–water partition coefficient (Wildman–Crippen LogP) is 1.94. The van der Waals surface area contributed by atoms with Crippen molar-refractivity contribution in [2.24, 2.45) is 0 Å². The second-order valence-electron chi connectivity index (χ2n) is 4.47. The van der Waals surface area contributed by atoms with E-state index in [2.05, 4.69) is 4.74 Å². The average Bonchev–Trinajstić information content (AvgIpc) is 2.47. The van der Waals surface area contributed by atoms with Crippen LogP contribution in [0.5, 0.6) is 0 Å². The van der Waals surface area contributed by atoms with Crippen molar-refractivity contribution < 1.29 is 24.1 Å². The van der Waals surface area contributed by atoms with Gasteiger partial charge in [0.15, 0.2) is 0 Å². The number of methoxy groups -OCH3 is 1. The van der Waals surface area contributed by atoms with Gasteiger partial charge < -0.3 is 14.9 Å². The number of esters is 1. The molecule has 0 radical (unpaired) electrons. The van der Waals surface area contributed by atoms with Gasteiger partial charge in [0.2, 0.25) is 0 Å². The minimum absolute atomic E-state index is 0.330. The van der Waals surface area contributed by atoms with Crippen LogP contribution < -0.4 is 0 Å². The zero-order valence-corrected chi connectivity index (χ0v) is 10.9. The Morgan fingerprint density at radius 1 is 1.20 bits per heavy atom. The first-order valence-electron chi connectivity index (χ1n) is 6.14. The first-order chi connectivity index (χ1) is 9.54. The molecule has 2 rings (SSSR count). The van der Waals surface area contributed by atoms with Crippen molar-refractivity contribution in [3.05, 3.63) is 47.8 Å². The molecule has 2 atom stereocenters. The molecule has 106 valence electrons. The molecule has 2 aromatic rings. The van der Waals surface area contributed by atoms with Gasteiger partial charge in [-0.1, -0.05) is 30.3 Å². The number of rotatable bonds is 4. The Morgan fingerprint density at radius 2 is 1.85 bits per heavy atom. The molecule has 0 aliphatic carbocycles. The highest BCUT2D eigenvalue weighted by Gasteiger charge is 2.23. The summed E-state index contributed by atoms with van der Waals surface area (Å²) in [4.78, 5) is 11.1. The van der Waals surface area contributed by atoms with E-state index in [1.807, 2.05) is 0 Å². The molecule has 0 spiro atoms. The van der Waals surface area contributed by atoms with Crippen LogP contribution in [-0.2, 0) is 9.53 Å². The molecule has 0 aromatic heterocycles. The van der Waals surface area contributed by atoms with Crippen LogP contribution in [0.25, 0.3) is 10.8 Å². The fourth-order valence-electron chi connectivity index (χ4n) is 2.12. The first-order valence-corrected chi connectivity index (χ1v) is 6.14. The summed E-state index contributed by atoms with van der Waals surface area (Å²) in [5, 5.41) is 20.9. The molecule has 4 nitrogen and oxygen atoms in total. The monoisotopic (exact) mass is 278 g/mol.